The van der Waals surface area contributed by atoms with Crippen molar-refractivity contribution in [2.75, 3.05) is 52.9 Å². The lowest BCUT2D eigenvalue weighted by Gasteiger charge is -2.61. The highest BCUT2D eigenvalue weighted by Crippen LogP contribution is 2.54. The van der Waals surface area contributed by atoms with E-state index in [-0.39, 0.29) is 45.2 Å². The summed E-state index contributed by atoms with van der Waals surface area (Å²) in [5.41, 5.74) is 1.11. The molecule has 2 aromatic rings. The predicted molar refractivity (Wildman–Crippen MR) is 264 cm³/mol. The van der Waals surface area contributed by atoms with Gasteiger partial charge in [0, 0.05) is 60.8 Å². The fourth-order valence-electron chi connectivity index (χ4n) is 11.8. The highest BCUT2D eigenvalue weighted by molar-refractivity contribution is 5.18. The molecule has 374 valence electrons. The first-order chi connectivity index (χ1) is 31.5. The summed E-state index contributed by atoms with van der Waals surface area (Å²) in [6.07, 6.45) is 13.0. The van der Waals surface area contributed by atoms with Gasteiger partial charge in [-0.15, -0.1) is 0 Å². The minimum Gasteiger partial charge on any atom is -0.381 e. The summed E-state index contributed by atoms with van der Waals surface area (Å²) >= 11 is 0. The predicted octanol–water partition coefficient (Wildman–Crippen LogP) is 13.1. The van der Waals surface area contributed by atoms with E-state index in [1.165, 1.54) is 11.1 Å². The third kappa shape index (κ3) is 12.0. The van der Waals surface area contributed by atoms with Crippen LogP contribution in [0.25, 0.3) is 0 Å². The Hall–Kier alpha value is -1.96. The number of hydrogen-bond donors (Lipinski definition) is 0. The van der Waals surface area contributed by atoms with Crippen molar-refractivity contribution in [3.8, 4) is 0 Å². The second kappa shape index (κ2) is 22.4. The van der Waals surface area contributed by atoms with Crippen LogP contribution in [0.4, 0.5) is 0 Å². The molecular weight excluding hydrogens is 829 g/mol. The third-order valence-corrected chi connectivity index (χ3v) is 16.5. The summed E-state index contributed by atoms with van der Waals surface area (Å²) in [6.45, 7) is 32.4. The molecule has 10 heteroatoms. The molecule has 6 rings (SSSR count). The van der Waals surface area contributed by atoms with Crippen molar-refractivity contribution >= 4 is 0 Å². The lowest BCUT2D eigenvalue weighted by atomic mass is 9.72. The summed E-state index contributed by atoms with van der Waals surface area (Å²) in [5, 5.41) is 4.61. The summed E-state index contributed by atoms with van der Waals surface area (Å²) in [6, 6.07) is 21.0. The maximum Gasteiger partial charge on any atom is 0.172 e. The van der Waals surface area contributed by atoms with Crippen LogP contribution in [-0.2, 0) is 38.1 Å². The van der Waals surface area contributed by atoms with E-state index in [0.717, 1.165) is 103 Å². The summed E-state index contributed by atoms with van der Waals surface area (Å²) < 4.78 is 40.4. The van der Waals surface area contributed by atoms with E-state index in [0.29, 0.717) is 39.6 Å². The second-order valence-electron chi connectivity index (χ2n) is 22.3. The van der Waals surface area contributed by atoms with Gasteiger partial charge in [-0.25, -0.2) is 0 Å². The van der Waals surface area contributed by atoms with Crippen LogP contribution in [0.3, 0.4) is 0 Å². The summed E-state index contributed by atoms with van der Waals surface area (Å²) in [5.74, 6) is -1.27. The van der Waals surface area contributed by atoms with Gasteiger partial charge in [0.25, 0.3) is 0 Å². The first kappa shape index (κ1) is 53.4. The van der Waals surface area contributed by atoms with Crippen LogP contribution in [0, 0.1) is 10.8 Å². The second-order valence-corrected chi connectivity index (χ2v) is 22.3. The first-order valence-electron chi connectivity index (χ1n) is 26.2. The number of hydroxylamine groups is 4. The van der Waals surface area contributed by atoms with Gasteiger partial charge in [-0.05, 0) is 104 Å². The largest absolute Gasteiger partial charge is 0.381 e. The van der Waals surface area contributed by atoms with Crippen molar-refractivity contribution in [1.82, 2.24) is 10.1 Å². The fraction of sp³-hybridized carbons (Fsp3) is 0.786. The average Bonchev–Trinajstić information content (AvgIpc) is 3.33. The topological polar surface area (TPSA) is 80.3 Å². The number of benzene rings is 2. The van der Waals surface area contributed by atoms with E-state index in [9.17, 15) is 0 Å². The molecule has 2 spiro atoms. The van der Waals surface area contributed by atoms with Gasteiger partial charge in [0.05, 0.1) is 50.7 Å². The summed E-state index contributed by atoms with van der Waals surface area (Å²) in [7, 11) is 0. The van der Waals surface area contributed by atoms with Gasteiger partial charge in [0.15, 0.2) is 11.6 Å². The number of piperidine rings is 2. The van der Waals surface area contributed by atoms with Crippen molar-refractivity contribution in [3.63, 3.8) is 0 Å². The molecule has 2 aromatic carbocycles. The molecule has 4 saturated heterocycles. The smallest absolute Gasteiger partial charge is 0.172 e. The van der Waals surface area contributed by atoms with Crippen molar-refractivity contribution < 1.29 is 38.1 Å². The minimum absolute atomic E-state index is 0.0507. The molecule has 10 nitrogen and oxygen atoms in total. The van der Waals surface area contributed by atoms with Crippen LogP contribution in [0.2, 0.25) is 0 Å². The van der Waals surface area contributed by atoms with Crippen LogP contribution >= 0.6 is 0 Å². The molecule has 2 atom stereocenters. The number of unbranched alkanes of at least 4 members (excludes halogenated alkanes) is 3. The molecule has 2 unspecified atom stereocenters. The van der Waals surface area contributed by atoms with Crippen LogP contribution < -0.4 is 0 Å². The molecule has 66 heavy (non-hydrogen) atoms. The van der Waals surface area contributed by atoms with Crippen LogP contribution in [0.15, 0.2) is 60.7 Å². The van der Waals surface area contributed by atoms with Gasteiger partial charge in [0.1, 0.15) is 12.2 Å². The van der Waals surface area contributed by atoms with Crippen LogP contribution in [-0.4, -0.2) is 96.7 Å². The van der Waals surface area contributed by atoms with E-state index in [2.05, 4.69) is 154 Å². The average molecular weight is 921 g/mol. The quantitative estimate of drug-likeness (QED) is 0.101. The zero-order chi connectivity index (χ0) is 47.7. The van der Waals surface area contributed by atoms with E-state index < -0.39 is 11.6 Å². The molecule has 4 aliphatic heterocycles. The lowest BCUT2D eigenvalue weighted by Crippen LogP contribution is -2.69. The van der Waals surface area contributed by atoms with E-state index >= 15 is 0 Å². The van der Waals surface area contributed by atoms with Gasteiger partial charge in [-0.3, -0.25) is 9.68 Å². The summed E-state index contributed by atoms with van der Waals surface area (Å²) in [4.78, 5) is 13.7. The van der Waals surface area contributed by atoms with Crippen molar-refractivity contribution in [2.24, 2.45) is 10.8 Å². The minimum atomic E-state index is -0.634. The molecule has 0 saturated carbocycles. The number of hydrogen-bond acceptors (Lipinski definition) is 10. The van der Waals surface area contributed by atoms with Gasteiger partial charge in [-0.2, -0.15) is 10.1 Å². The van der Waals surface area contributed by atoms with Crippen LogP contribution in [0.1, 0.15) is 196 Å². The zero-order valence-corrected chi connectivity index (χ0v) is 43.6. The highest BCUT2D eigenvalue weighted by atomic mass is 16.7. The molecule has 4 heterocycles. The SMILES string of the molecule is CCC1(COCCCCCCOCC2(CC)COC3(CC(C)(C)N(OC(C)c4ccccc4)C(CC)(CC)C3)OC2)COC2(CC(C)(C)N(OC(C)c3ccccc3)C(CC)(CC)C2)OC1. The van der Waals surface area contributed by atoms with Gasteiger partial charge >= 0.3 is 0 Å². The molecule has 0 bridgehead atoms. The third-order valence-electron chi connectivity index (χ3n) is 16.5. The number of nitrogens with zero attached hydrogens (tertiary/aromatic N) is 2. The Morgan fingerprint density at radius 2 is 0.803 bits per heavy atom. The Balaban J connectivity index is 0.896. The molecule has 0 radical (unpaired) electrons. The van der Waals surface area contributed by atoms with Crippen molar-refractivity contribution in [3.05, 3.63) is 71.8 Å². The Morgan fingerprint density at radius 1 is 0.470 bits per heavy atom. The normalized spacial score (nSPS) is 27.8. The van der Waals surface area contributed by atoms with Crippen molar-refractivity contribution in [2.45, 2.75) is 219 Å². The molecule has 0 N–H and O–H groups in total. The first-order valence-corrected chi connectivity index (χ1v) is 26.2. The fourth-order valence-corrected chi connectivity index (χ4v) is 11.8. The lowest BCUT2D eigenvalue weighted by molar-refractivity contribution is -0.397. The van der Waals surface area contributed by atoms with Gasteiger partial charge in [0.2, 0.25) is 0 Å². The van der Waals surface area contributed by atoms with Crippen molar-refractivity contribution in [1.29, 1.82) is 0 Å². The Morgan fingerprint density at radius 3 is 1.11 bits per heavy atom. The van der Waals surface area contributed by atoms with Gasteiger partial charge < -0.3 is 28.4 Å². The molecule has 0 aromatic heterocycles. The maximum absolute atomic E-state index is 6.90. The Labute approximate surface area is 401 Å². The zero-order valence-electron chi connectivity index (χ0n) is 43.6. The standard InChI is InChI=1S/C56H92N2O8/c1-13-51(41-61-55(62-42-51)35-49(9,10)57(53(15-3,16-4)37-55)65-45(7)47-29-23-21-24-30-47)39-59-33-27-19-20-28-34-60-40-52(14-2)43-63-56(64-44-52)36-50(11,12)58(54(17-5,18-6)38-56)66-46(8)48-31-25-22-26-32-48/h21-26,29-32,45-46H,13-20,27-28,33-44H2,1-12H3. The Kier molecular flexibility index (Phi) is 18.1. The highest BCUT2D eigenvalue weighted by Gasteiger charge is 2.61. The molecule has 0 aliphatic carbocycles. The molecule has 4 aliphatic rings. The Bertz CT molecular complexity index is 1600. The number of rotatable bonds is 23. The molecular formula is C56H92N2O8. The van der Waals surface area contributed by atoms with E-state index in [1.54, 1.807) is 0 Å². The number of ether oxygens (including phenoxy) is 6. The monoisotopic (exact) mass is 921 g/mol. The van der Waals surface area contributed by atoms with E-state index in [4.69, 9.17) is 38.1 Å². The van der Waals surface area contributed by atoms with Gasteiger partial charge in [-0.1, -0.05) is 115 Å². The maximum atomic E-state index is 6.90. The van der Waals surface area contributed by atoms with E-state index in [1.807, 2.05) is 0 Å². The van der Waals surface area contributed by atoms with Crippen LogP contribution in [0.5, 0.6) is 0 Å². The molecule has 4 fully saturated rings. The molecule has 0 amide bonds.